The zero-order chi connectivity index (χ0) is 23.3. The molecule has 1 aromatic carbocycles. The third kappa shape index (κ3) is 5.68. The molecule has 2 N–H and O–H groups in total. The summed E-state index contributed by atoms with van der Waals surface area (Å²) in [5.41, 5.74) is 4.52. The van der Waals surface area contributed by atoms with Crippen molar-refractivity contribution < 1.29 is 23.9 Å². The van der Waals surface area contributed by atoms with E-state index < -0.39 is 41.8 Å². The molecule has 0 spiro atoms. The molecule has 0 atom stereocenters. The van der Waals surface area contributed by atoms with Gasteiger partial charge in [-0.2, -0.15) is 0 Å². The Balaban J connectivity index is 2.06. The molecular weight excluding hydrogens is 406 g/mol. The molecule has 0 aliphatic carbocycles. The van der Waals surface area contributed by atoms with Crippen LogP contribution in [0.3, 0.4) is 0 Å². The number of nitrogens with zero attached hydrogens (tertiary/aromatic N) is 2. The first-order valence-corrected chi connectivity index (χ1v) is 9.54. The van der Waals surface area contributed by atoms with E-state index in [1.807, 2.05) is 13.8 Å². The lowest BCUT2D eigenvalue weighted by molar-refractivity contribution is -0.144. The zero-order valence-corrected chi connectivity index (χ0v) is 17.8. The molecule has 2 aromatic rings. The second-order valence-corrected chi connectivity index (χ2v) is 7.36. The van der Waals surface area contributed by atoms with Crippen LogP contribution < -0.4 is 21.7 Å². The summed E-state index contributed by atoms with van der Waals surface area (Å²) < 4.78 is 12.1. The second kappa shape index (κ2) is 9.88. The first-order valence-electron chi connectivity index (χ1n) is 9.54. The lowest BCUT2D eigenvalue weighted by Crippen LogP contribution is -2.43. The number of rotatable bonds is 9. The summed E-state index contributed by atoms with van der Waals surface area (Å²) in [4.78, 5) is 60.3. The maximum atomic E-state index is 12.5. The molecule has 0 aliphatic heterocycles. The van der Waals surface area contributed by atoms with E-state index in [9.17, 15) is 24.0 Å². The van der Waals surface area contributed by atoms with Crippen molar-refractivity contribution in [2.75, 3.05) is 18.9 Å². The van der Waals surface area contributed by atoms with E-state index in [1.165, 1.54) is 26.1 Å². The summed E-state index contributed by atoms with van der Waals surface area (Å²) in [5, 5.41) is 0. The van der Waals surface area contributed by atoms with Gasteiger partial charge in [-0.05, 0) is 37.1 Å². The molecule has 0 aliphatic rings. The van der Waals surface area contributed by atoms with Crippen molar-refractivity contribution in [3.8, 4) is 5.75 Å². The normalized spacial score (nSPS) is 10.7. The number of ketones is 2. The van der Waals surface area contributed by atoms with E-state index in [2.05, 4.69) is 0 Å². The number of aromatic nitrogens is 2. The van der Waals surface area contributed by atoms with Gasteiger partial charge in [0.05, 0.1) is 0 Å². The Morgan fingerprint density at radius 1 is 1.06 bits per heavy atom. The van der Waals surface area contributed by atoms with Gasteiger partial charge in [0.25, 0.3) is 5.56 Å². The molecule has 10 heteroatoms. The van der Waals surface area contributed by atoms with Gasteiger partial charge in [0, 0.05) is 19.2 Å². The van der Waals surface area contributed by atoms with Gasteiger partial charge < -0.3 is 15.2 Å². The van der Waals surface area contributed by atoms with Gasteiger partial charge >= 0.3 is 11.7 Å². The highest BCUT2D eigenvalue weighted by atomic mass is 16.6. The topological polar surface area (TPSA) is 140 Å². The first kappa shape index (κ1) is 23.6. The molecule has 31 heavy (non-hydrogen) atoms. The maximum absolute atomic E-state index is 12.5. The number of ether oxygens (including phenoxy) is 2. The highest BCUT2D eigenvalue weighted by Gasteiger charge is 2.23. The van der Waals surface area contributed by atoms with Gasteiger partial charge in [-0.25, -0.2) is 9.59 Å². The molecular formula is C21H25N3O7. The summed E-state index contributed by atoms with van der Waals surface area (Å²) in [6.07, 6.45) is 0. The number of hydrogen-bond acceptors (Lipinski definition) is 8. The van der Waals surface area contributed by atoms with Crippen LogP contribution in [0.2, 0.25) is 0 Å². The zero-order valence-electron chi connectivity index (χ0n) is 17.8. The number of hydrogen-bond donors (Lipinski definition) is 1. The fourth-order valence-electron chi connectivity index (χ4n) is 2.77. The number of benzene rings is 1. The summed E-state index contributed by atoms with van der Waals surface area (Å²) in [5.74, 6) is -1.64. The van der Waals surface area contributed by atoms with Crippen molar-refractivity contribution in [1.29, 1.82) is 0 Å². The Morgan fingerprint density at radius 3 is 2.23 bits per heavy atom. The number of carbonyl (C=O) groups excluding carboxylic acids is 3. The van der Waals surface area contributed by atoms with Crippen molar-refractivity contribution >= 4 is 23.4 Å². The summed E-state index contributed by atoms with van der Waals surface area (Å²) in [7, 11) is 1.24. The quantitative estimate of drug-likeness (QED) is 0.454. The van der Waals surface area contributed by atoms with Crippen LogP contribution in [0, 0.1) is 5.92 Å². The Hall–Kier alpha value is -3.69. The molecule has 10 nitrogen and oxygen atoms in total. The fourth-order valence-corrected chi connectivity index (χ4v) is 2.77. The Kier molecular flexibility index (Phi) is 7.51. The van der Waals surface area contributed by atoms with Crippen LogP contribution in [0.25, 0.3) is 0 Å². The summed E-state index contributed by atoms with van der Waals surface area (Å²) >= 11 is 0. The molecule has 0 unspecified atom stereocenters. The molecule has 0 saturated heterocycles. The molecule has 0 amide bonds. The van der Waals surface area contributed by atoms with Crippen molar-refractivity contribution in [1.82, 2.24) is 9.13 Å². The number of esters is 1. The number of Topliss-reactive ketones (excluding diaryl/α,β-unsaturated/α-hetero) is 2. The molecule has 0 saturated carbocycles. The van der Waals surface area contributed by atoms with E-state index in [1.54, 1.807) is 12.1 Å². The van der Waals surface area contributed by atoms with Crippen LogP contribution in [-0.2, 0) is 23.1 Å². The minimum atomic E-state index is -0.856. The molecule has 1 aromatic heterocycles. The Labute approximate surface area is 178 Å². The van der Waals surface area contributed by atoms with E-state index in [0.29, 0.717) is 11.3 Å². The lowest BCUT2D eigenvalue weighted by Gasteiger charge is -2.16. The van der Waals surface area contributed by atoms with Crippen molar-refractivity contribution in [3.05, 3.63) is 56.2 Å². The van der Waals surface area contributed by atoms with Gasteiger partial charge in [0.1, 0.15) is 17.1 Å². The second-order valence-electron chi connectivity index (χ2n) is 7.36. The van der Waals surface area contributed by atoms with Crippen molar-refractivity contribution in [2.45, 2.75) is 27.3 Å². The van der Waals surface area contributed by atoms with Crippen LogP contribution in [-0.4, -0.2) is 39.9 Å². The lowest BCUT2D eigenvalue weighted by atomic mass is 10.1. The van der Waals surface area contributed by atoms with Crippen LogP contribution in [0.15, 0.2) is 33.9 Å². The fraction of sp³-hybridized carbons (Fsp3) is 0.381. The van der Waals surface area contributed by atoms with Crippen molar-refractivity contribution in [2.24, 2.45) is 13.0 Å². The average molecular weight is 431 g/mol. The first-order chi connectivity index (χ1) is 14.5. The van der Waals surface area contributed by atoms with Crippen LogP contribution >= 0.6 is 0 Å². The third-order valence-corrected chi connectivity index (χ3v) is 4.39. The number of nitrogen functional groups attached to an aromatic ring is 1. The van der Waals surface area contributed by atoms with Gasteiger partial charge in [-0.15, -0.1) is 0 Å². The minimum Gasteiger partial charge on any atom is -0.482 e. The highest BCUT2D eigenvalue weighted by molar-refractivity contribution is 6.01. The van der Waals surface area contributed by atoms with E-state index >= 15 is 0 Å². The molecule has 0 bridgehead atoms. The van der Waals surface area contributed by atoms with E-state index in [-0.39, 0.29) is 24.1 Å². The highest BCUT2D eigenvalue weighted by Crippen LogP contribution is 2.13. The van der Waals surface area contributed by atoms with Gasteiger partial charge in [-0.1, -0.05) is 13.8 Å². The predicted octanol–water partition coefficient (Wildman–Crippen LogP) is 0.793. The smallest absolute Gasteiger partial charge is 0.344 e. The molecule has 0 fully saturated rings. The molecule has 0 radical (unpaired) electrons. The minimum absolute atomic E-state index is 0.0416. The maximum Gasteiger partial charge on any atom is 0.344 e. The van der Waals surface area contributed by atoms with Crippen LogP contribution in [0.4, 0.5) is 5.82 Å². The number of anilines is 1. The molecule has 166 valence electrons. The van der Waals surface area contributed by atoms with E-state index in [4.69, 9.17) is 15.2 Å². The van der Waals surface area contributed by atoms with Crippen molar-refractivity contribution in [3.63, 3.8) is 0 Å². The van der Waals surface area contributed by atoms with E-state index in [0.717, 1.165) is 9.13 Å². The summed E-state index contributed by atoms with van der Waals surface area (Å²) in [6.45, 7) is 4.15. The summed E-state index contributed by atoms with van der Waals surface area (Å²) in [6, 6.07) is 6.16. The molecule has 2 rings (SSSR count). The van der Waals surface area contributed by atoms with Crippen LogP contribution in [0.1, 0.15) is 41.5 Å². The van der Waals surface area contributed by atoms with Gasteiger partial charge in [0.2, 0.25) is 5.78 Å². The Morgan fingerprint density at radius 2 is 1.68 bits per heavy atom. The third-order valence-electron chi connectivity index (χ3n) is 4.39. The van der Waals surface area contributed by atoms with Gasteiger partial charge in [-0.3, -0.25) is 23.5 Å². The van der Waals surface area contributed by atoms with Crippen LogP contribution in [0.5, 0.6) is 5.75 Å². The standard InChI is InChI=1S/C21H25N3O7/c1-12(2)9-24-19(22)18(20(28)23(4)21(24)29)16(26)10-31-17(27)11-30-15-7-5-14(6-8-15)13(3)25/h5-8,12H,9-11,22H2,1-4H3. The van der Waals surface area contributed by atoms with Gasteiger partial charge in [0.15, 0.2) is 19.0 Å². The average Bonchev–Trinajstić information content (AvgIpc) is 2.72. The SMILES string of the molecule is CC(=O)c1ccc(OCC(=O)OCC(=O)c2c(N)n(CC(C)C)c(=O)n(C)c2=O)cc1. The largest absolute Gasteiger partial charge is 0.482 e. The predicted molar refractivity (Wildman–Crippen MR) is 112 cm³/mol. The number of nitrogens with two attached hydrogens (primary N) is 1. The molecule has 1 heterocycles. The Bertz CT molecular complexity index is 1110. The monoisotopic (exact) mass is 431 g/mol. The number of carbonyl (C=O) groups is 3.